The number of aromatic hydroxyl groups is 1. The summed E-state index contributed by atoms with van der Waals surface area (Å²) in [5.41, 5.74) is 1.98. The smallest absolute Gasteiger partial charge is 0.197 e. The van der Waals surface area contributed by atoms with Gasteiger partial charge >= 0.3 is 0 Å². The summed E-state index contributed by atoms with van der Waals surface area (Å²) in [5, 5.41) is 9.54. The summed E-state index contributed by atoms with van der Waals surface area (Å²) in [4.78, 5) is 12.6. The van der Waals surface area contributed by atoms with E-state index in [2.05, 4.69) is 15.0 Å². The molecule has 0 fully saturated rings. The summed E-state index contributed by atoms with van der Waals surface area (Å²) in [5.74, 6) is 0.732. The van der Waals surface area contributed by atoms with Crippen molar-refractivity contribution in [3.8, 4) is 17.2 Å². The first kappa shape index (κ1) is 11.5. The SMILES string of the molecule is CCOc1cc(O)ccc1-n1cnc2nccnc21. The van der Waals surface area contributed by atoms with Crippen LogP contribution in [-0.2, 0) is 0 Å². The van der Waals surface area contributed by atoms with E-state index in [-0.39, 0.29) is 5.75 Å². The zero-order chi connectivity index (χ0) is 13.2. The zero-order valence-corrected chi connectivity index (χ0v) is 10.3. The average Bonchev–Trinajstić information content (AvgIpc) is 2.83. The number of phenols is 1. The van der Waals surface area contributed by atoms with Crippen molar-refractivity contribution in [3.05, 3.63) is 36.9 Å². The van der Waals surface area contributed by atoms with E-state index in [1.54, 1.807) is 41.5 Å². The lowest BCUT2D eigenvalue weighted by Gasteiger charge is -2.11. The van der Waals surface area contributed by atoms with E-state index >= 15 is 0 Å². The van der Waals surface area contributed by atoms with Crippen molar-refractivity contribution in [2.75, 3.05) is 6.61 Å². The number of benzene rings is 1. The van der Waals surface area contributed by atoms with Crippen LogP contribution < -0.4 is 4.74 Å². The lowest BCUT2D eigenvalue weighted by Crippen LogP contribution is -2.00. The van der Waals surface area contributed by atoms with E-state index in [1.807, 2.05) is 6.92 Å². The maximum Gasteiger partial charge on any atom is 0.197 e. The van der Waals surface area contributed by atoms with Crippen LogP contribution in [0.2, 0.25) is 0 Å². The van der Waals surface area contributed by atoms with Crippen molar-refractivity contribution in [1.82, 2.24) is 19.5 Å². The van der Waals surface area contributed by atoms with Crippen LogP contribution in [-0.4, -0.2) is 31.2 Å². The lowest BCUT2D eigenvalue weighted by atomic mass is 10.2. The summed E-state index contributed by atoms with van der Waals surface area (Å²) in [6.07, 6.45) is 4.85. The average molecular weight is 256 g/mol. The minimum Gasteiger partial charge on any atom is -0.508 e. The van der Waals surface area contributed by atoms with Gasteiger partial charge in [0.25, 0.3) is 0 Å². The van der Waals surface area contributed by atoms with Crippen molar-refractivity contribution in [1.29, 1.82) is 0 Å². The Morgan fingerprint density at radius 1 is 1.21 bits per heavy atom. The number of imidazole rings is 1. The molecule has 3 aromatic rings. The van der Waals surface area contributed by atoms with Crippen molar-refractivity contribution < 1.29 is 9.84 Å². The Hall–Kier alpha value is -2.63. The molecule has 0 saturated heterocycles. The largest absolute Gasteiger partial charge is 0.508 e. The highest BCUT2D eigenvalue weighted by atomic mass is 16.5. The van der Waals surface area contributed by atoms with Crippen LogP contribution >= 0.6 is 0 Å². The molecule has 0 radical (unpaired) electrons. The van der Waals surface area contributed by atoms with Crippen LogP contribution in [0.25, 0.3) is 17.0 Å². The molecule has 0 aliphatic heterocycles. The summed E-state index contributed by atoms with van der Waals surface area (Å²) in [6.45, 7) is 2.40. The molecule has 6 nitrogen and oxygen atoms in total. The third kappa shape index (κ3) is 1.97. The van der Waals surface area contributed by atoms with Crippen LogP contribution in [0.5, 0.6) is 11.5 Å². The highest BCUT2D eigenvalue weighted by Gasteiger charge is 2.11. The van der Waals surface area contributed by atoms with E-state index in [0.29, 0.717) is 23.7 Å². The van der Waals surface area contributed by atoms with E-state index in [9.17, 15) is 5.11 Å². The summed E-state index contributed by atoms with van der Waals surface area (Å²) >= 11 is 0. The molecule has 6 heteroatoms. The van der Waals surface area contributed by atoms with Crippen molar-refractivity contribution in [2.45, 2.75) is 6.92 Å². The molecule has 0 aliphatic carbocycles. The molecule has 1 aromatic carbocycles. The molecule has 2 aromatic heterocycles. The molecular formula is C13H12N4O2. The van der Waals surface area contributed by atoms with Crippen LogP contribution in [0.4, 0.5) is 0 Å². The zero-order valence-electron chi connectivity index (χ0n) is 10.3. The third-order valence-corrected chi connectivity index (χ3v) is 2.69. The number of phenolic OH excluding ortho intramolecular Hbond substituents is 1. The monoisotopic (exact) mass is 256 g/mol. The molecule has 0 aliphatic rings. The molecule has 0 unspecified atom stereocenters. The number of hydrogen-bond acceptors (Lipinski definition) is 5. The Balaban J connectivity index is 2.21. The first-order valence-corrected chi connectivity index (χ1v) is 5.90. The molecule has 0 spiro atoms. The topological polar surface area (TPSA) is 73.1 Å². The van der Waals surface area contributed by atoms with E-state index < -0.39 is 0 Å². The Morgan fingerprint density at radius 2 is 2.05 bits per heavy atom. The fraction of sp³-hybridized carbons (Fsp3) is 0.154. The highest BCUT2D eigenvalue weighted by Crippen LogP contribution is 2.29. The number of aromatic nitrogens is 4. The number of fused-ring (bicyclic) bond motifs is 1. The van der Waals surface area contributed by atoms with Gasteiger partial charge in [-0.1, -0.05) is 0 Å². The van der Waals surface area contributed by atoms with E-state index in [0.717, 1.165) is 5.69 Å². The molecule has 1 N–H and O–H groups in total. The van der Waals surface area contributed by atoms with Gasteiger partial charge in [0.2, 0.25) is 0 Å². The summed E-state index contributed by atoms with van der Waals surface area (Å²) in [6, 6.07) is 4.93. The molecule has 0 saturated carbocycles. The molecule has 3 rings (SSSR count). The van der Waals surface area contributed by atoms with Crippen LogP contribution in [0, 0.1) is 0 Å². The van der Waals surface area contributed by atoms with Gasteiger partial charge in [0.15, 0.2) is 11.3 Å². The fourth-order valence-corrected chi connectivity index (χ4v) is 1.90. The minimum absolute atomic E-state index is 0.155. The Kier molecular flexibility index (Phi) is 2.75. The predicted octanol–water partition coefficient (Wildman–Crippen LogP) is 1.92. The van der Waals surface area contributed by atoms with E-state index in [4.69, 9.17) is 4.74 Å². The van der Waals surface area contributed by atoms with Crippen molar-refractivity contribution in [3.63, 3.8) is 0 Å². The molecule has 0 amide bonds. The first-order chi connectivity index (χ1) is 9.29. The van der Waals surface area contributed by atoms with Gasteiger partial charge in [-0.15, -0.1) is 0 Å². The van der Waals surface area contributed by atoms with Crippen molar-refractivity contribution in [2.24, 2.45) is 0 Å². The number of nitrogens with zero attached hydrogens (tertiary/aromatic N) is 4. The number of rotatable bonds is 3. The van der Waals surface area contributed by atoms with E-state index in [1.165, 1.54) is 0 Å². The Bertz CT molecular complexity index is 723. The standard InChI is InChI=1S/C13H12N4O2/c1-2-19-11-7-9(18)3-4-10(11)17-8-16-12-13(17)15-6-5-14-12/h3-8,18H,2H2,1H3. The number of ether oxygens (including phenoxy) is 1. The number of hydrogen-bond donors (Lipinski definition) is 1. The van der Waals surface area contributed by atoms with Gasteiger partial charge in [-0.2, -0.15) is 0 Å². The second kappa shape index (κ2) is 4.56. The normalized spacial score (nSPS) is 10.8. The van der Waals surface area contributed by atoms with Gasteiger partial charge in [0.05, 0.1) is 12.3 Å². The molecule has 19 heavy (non-hydrogen) atoms. The third-order valence-electron chi connectivity index (χ3n) is 2.69. The van der Waals surface area contributed by atoms with Crippen molar-refractivity contribution >= 4 is 11.3 Å². The lowest BCUT2D eigenvalue weighted by molar-refractivity contribution is 0.336. The minimum atomic E-state index is 0.155. The summed E-state index contributed by atoms with van der Waals surface area (Å²) < 4.78 is 7.32. The highest BCUT2D eigenvalue weighted by molar-refractivity contribution is 5.69. The van der Waals surface area contributed by atoms with Gasteiger partial charge in [-0.25, -0.2) is 15.0 Å². The van der Waals surface area contributed by atoms with Gasteiger partial charge in [-0.3, -0.25) is 4.57 Å². The fourth-order valence-electron chi connectivity index (χ4n) is 1.90. The van der Waals surface area contributed by atoms with Crippen LogP contribution in [0.15, 0.2) is 36.9 Å². The quantitative estimate of drug-likeness (QED) is 0.775. The molecule has 0 atom stereocenters. The Labute approximate surface area is 109 Å². The molecule has 96 valence electrons. The van der Waals surface area contributed by atoms with Crippen LogP contribution in [0.3, 0.4) is 0 Å². The van der Waals surface area contributed by atoms with Crippen LogP contribution in [0.1, 0.15) is 6.92 Å². The predicted molar refractivity (Wildman–Crippen MR) is 69.5 cm³/mol. The second-order valence-electron chi connectivity index (χ2n) is 3.90. The second-order valence-corrected chi connectivity index (χ2v) is 3.90. The maximum absolute atomic E-state index is 9.54. The maximum atomic E-state index is 9.54. The molecule has 2 heterocycles. The van der Waals surface area contributed by atoms with Gasteiger partial charge in [0, 0.05) is 18.5 Å². The van der Waals surface area contributed by atoms with Gasteiger partial charge in [0.1, 0.15) is 17.8 Å². The van der Waals surface area contributed by atoms with Gasteiger partial charge < -0.3 is 9.84 Å². The molecule has 0 bridgehead atoms. The first-order valence-electron chi connectivity index (χ1n) is 5.90. The molecular weight excluding hydrogens is 244 g/mol. The summed E-state index contributed by atoms with van der Waals surface area (Å²) in [7, 11) is 0. The Morgan fingerprint density at radius 3 is 2.89 bits per heavy atom. The van der Waals surface area contributed by atoms with Gasteiger partial charge in [-0.05, 0) is 19.1 Å².